The summed E-state index contributed by atoms with van der Waals surface area (Å²) in [4.78, 5) is 0. The van der Waals surface area contributed by atoms with Gasteiger partial charge in [-0.3, -0.25) is 0 Å². The average molecular weight is 247 g/mol. The molecule has 0 atom stereocenters. The van der Waals surface area contributed by atoms with Gasteiger partial charge in [-0.15, -0.1) is 0 Å². The smallest absolute Gasteiger partial charge is 0.0190 e. The first-order valence-electron chi connectivity index (χ1n) is 6.28. The number of hydrogen-bond donors (Lipinski definition) is 1. The molecule has 0 aromatic heterocycles. The number of thioether (sulfide) groups is 1. The molecule has 0 bridgehead atoms. The van der Waals surface area contributed by atoms with Crippen LogP contribution in [0.25, 0.3) is 0 Å². The normalized spacial score (nSPS) is 14.9. The van der Waals surface area contributed by atoms with Crippen molar-refractivity contribution in [1.29, 1.82) is 0 Å². The minimum absolute atomic E-state index is 0.785. The van der Waals surface area contributed by atoms with E-state index in [0.717, 1.165) is 24.1 Å². The molecule has 1 nitrogen and oxygen atoms in total. The Kier molecular flexibility index (Phi) is 4.69. The number of rotatable bonds is 7. The lowest BCUT2D eigenvalue weighted by Crippen LogP contribution is -2.19. The van der Waals surface area contributed by atoms with Crippen molar-refractivity contribution in [3.63, 3.8) is 0 Å². The van der Waals surface area contributed by atoms with Gasteiger partial charge in [0.25, 0.3) is 0 Å². The highest BCUT2D eigenvalue weighted by Crippen LogP contribution is 2.20. The van der Waals surface area contributed by atoms with Crippen molar-refractivity contribution in [2.75, 3.05) is 12.3 Å². The highest BCUT2D eigenvalue weighted by Gasteiger charge is 2.19. The first kappa shape index (κ1) is 12.7. The minimum atomic E-state index is 0.785. The van der Waals surface area contributed by atoms with Crippen molar-refractivity contribution in [3.05, 3.63) is 47.5 Å². The summed E-state index contributed by atoms with van der Waals surface area (Å²) in [6, 6.07) is 9.40. The van der Waals surface area contributed by atoms with Crippen molar-refractivity contribution in [2.24, 2.45) is 0 Å². The Labute approximate surface area is 109 Å². The van der Waals surface area contributed by atoms with Crippen molar-refractivity contribution >= 4 is 11.8 Å². The van der Waals surface area contributed by atoms with Gasteiger partial charge >= 0.3 is 0 Å². The molecule has 1 aliphatic carbocycles. The van der Waals surface area contributed by atoms with Crippen LogP contribution in [0.1, 0.15) is 24.0 Å². The molecule has 0 unspecified atom stereocenters. The van der Waals surface area contributed by atoms with Crippen LogP contribution < -0.4 is 5.32 Å². The highest BCUT2D eigenvalue weighted by molar-refractivity contribution is 7.98. The summed E-state index contributed by atoms with van der Waals surface area (Å²) < 4.78 is 0. The molecule has 1 saturated carbocycles. The van der Waals surface area contributed by atoms with Crippen LogP contribution in [0.4, 0.5) is 0 Å². The SMILES string of the molecule is C=C(CNC1CC1)CSCc1ccccc1C. The maximum Gasteiger partial charge on any atom is 0.0190 e. The average Bonchev–Trinajstić information content (AvgIpc) is 3.13. The van der Waals surface area contributed by atoms with Gasteiger partial charge in [-0.1, -0.05) is 36.4 Å². The number of hydrogen-bond acceptors (Lipinski definition) is 2. The molecule has 92 valence electrons. The Morgan fingerprint density at radius 3 is 2.88 bits per heavy atom. The van der Waals surface area contributed by atoms with Crippen LogP contribution in [0.5, 0.6) is 0 Å². The van der Waals surface area contributed by atoms with E-state index in [2.05, 4.69) is 43.1 Å². The van der Waals surface area contributed by atoms with E-state index < -0.39 is 0 Å². The van der Waals surface area contributed by atoms with Gasteiger partial charge in [0.15, 0.2) is 0 Å². The summed E-state index contributed by atoms with van der Waals surface area (Å²) >= 11 is 1.96. The zero-order chi connectivity index (χ0) is 12.1. The molecule has 1 aromatic carbocycles. The van der Waals surface area contributed by atoms with E-state index in [1.54, 1.807) is 0 Å². The molecule has 17 heavy (non-hydrogen) atoms. The summed E-state index contributed by atoms with van der Waals surface area (Å²) in [7, 11) is 0. The fourth-order valence-corrected chi connectivity index (χ4v) is 2.74. The van der Waals surface area contributed by atoms with E-state index in [1.807, 2.05) is 11.8 Å². The standard InChI is InChI=1S/C15H21NS/c1-12(9-16-15-7-8-15)10-17-11-14-6-4-3-5-13(14)2/h3-6,15-16H,1,7-11H2,2H3. The molecule has 2 rings (SSSR count). The molecule has 0 saturated heterocycles. The second-order valence-electron chi connectivity index (χ2n) is 4.82. The van der Waals surface area contributed by atoms with Gasteiger partial charge in [0, 0.05) is 24.1 Å². The number of aryl methyl sites for hydroxylation is 1. The summed E-state index contributed by atoms with van der Waals surface area (Å²) in [6.45, 7) is 7.30. The van der Waals surface area contributed by atoms with Gasteiger partial charge in [0.05, 0.1) is 0 Å². The quantitative estimate of drug-likeness (QED) is 0.740. The number of benzene rings is 1. The maximum absolute atomic E-state index is 4.12. The molecule has 0 spiro atoms. The third-order valence-electron chi connectivity index (χ3n) is 3.04. The molecule has 0 heterocycles. The first-order chi connectivity index (χ1) is 8.25. The zero-order valence-electron chi connectivity index (χ0n) is 10.5. The van der Waals surface area contributed by atoms with Crippen LogP contribution >= 0.6 is 11.8 Å². The van der Waals surface area contributed by atoms with Gasteiger partial charge in [0.2, 0.25) is 0 Å². The predicted octanol–water partition coefficient (Wildman–Crippen LogP) is 3.54. The molecule has 1 N–H and O–H groups in total. The van der Waals surface area contributed by atoms with Crippen LogP contribution in [0.3, 0.4) is 0 Å². The van der Waals surface area contributed by atoms with Crippen molar-refractivity contribution < 1.29 is 0 Å². The van der Waals surface area contributed by atoms with E-state index >= 15 is 0 Å². The van der Waals surface area contributed by atoms with E-state index in [0.29, 0.717) is 0 Å². The summed E-state index contributed by atoms with van der Waals surface area (Å²) in [5.74, 6) is 2.16. The van der Waals surface area contributed by atoms with Crippen LogP contribution in [-0.2, 0) is 5.75 Å². The first-order valence-corrected chi connectivity index (χ1v) is 7.43. The topological polar surface area (TPSA) is 12.0 Å². The molecular weight excluding hydrogens is 226 g/mol. The van der Waals surface area contributed by atoms with E-state index in [1.165, 1.54) is 29.5 Å². The lowest BCUT2D eigenvalue weighted by Gasteiger charge is -2.08. The Morgan fingerprint density at radius 1 is 1.41 bits per heavy atom. The third-order valence-corrected chi connectivity index (χ3v) is 4.17. The lowest BCUT2D eigenvalue weighted by molar-refractivity contribution is 0.736. The summed E-state index contributed by atoms with van der Waals surface area (Å²) in [5, 5.41) is 3.50. The van der Waals surface area contributed by atoms with Crippen molar-refractivity contribution in [2.45, 2.75) is 31.6 Å². The van der Waals surface area contributed by atoms with Gasteiger partial charge in [0.1, 0.15) is 0 Å². The second-order valence-corrected chi connectivity index (χ2v) is 5.81. The molecule has 1 fully saturated rings. The van der Waals surface area contributed by atoms with Crippen LogP contribution in [-0.4, -0.2) is 18.3 Å². The summed E-state index contributed by atoms with van der Waals surface area (Å²) in [5.41, 5.74) is 4.15. The fraction of sp³-hybridized carbons (Fsp3) is 0.467. The largest absolute Gasteiger partial charge is 0.310 e. The van der Waals surface area contributed by atoms with Gasteiger partial charge < -0.3 is 5.32 Å². The van der Waals surface area contributed by atoms with Crippen LogP contribution in [0.15, 0.2) is 36.4 Å². The Bertz CT molecular complexity index is 382. The van der Waals surface area contributed by atoms with Gasteiger partial charge in [-0.2, -0.15) is 11.8 Å². The minimum Gasteiger partial charge on any atom is -0.310 e. The second kappa shape index (κ2) is 6.27. The van der Waals surface area contributed by atoms with Gasteiger partial charge in [-0.25, -0.2) is 0 Å². The Balaban J connectivity index is 1.64. The maximum atomic E-state index is 4.12. The van der Waals surface area contributed by atoms with Gasteiger partial charge in [-0.05, 0) is 30.9 Å². The molecule has 0 aliphatic heterocycles. The zero-order valence-corrected chi connectivity index (χ0v) is 11.4. The van der Waals surface area contributed by atoms with Crippen LogP contribution in [0, 0.1) is 6.92 Å². The van der Waals surface area contributed by atoms with E-state index in [-0.39, 0.29) is 0 Å². The van der Waals surface area contributed by atoms with E-state index in [9.17, 15) is 0 Å². The lowest BCUT2D eigenvalue weighted by atomic mass is 10.1. The Hall–Kier alpha value is -0.730. The Morgan fingerprint density at radius 2 is 2.18 bits per heavy atom. The highest BCUT2D eigenvalue weighted by atomic mass is 32.2. The van der Waals surface area contributed by atoms with Crippen molar-refractivity contribution in [3.8, 4) is 0 Å². The molecule has 0 radical (unpaired) electrons. The van der Waals surface area contributed by atoms with Crippen LogP contribution in [0.2, 0.25) is 0 Å². The predicted molar refractivity (Wildman–Crippen MR) is 77.5 cm³/mol. The molecule has 2 heteroatoms. The molecular formula is C15H21NS. The molecule has 1 aromatic rings. The van der Waals surface area contributed by atoms with E-state index in [4.69, 9.17) is 0 Å². The molecule has 1 aliphatic rings. The third kappa shape index (κ3) is 4.57. The fourth-order valence-electron chi connectivity index (χ4n) is 1.70. The monoisotopic (exact) mass is 247 g/mol. The number of nitrogens with one attached hydrogen (secondary N) is 1. The molecule has 0 amide bonds. The van der Waals surface area contributed by atoms with Crippen molar-refractivity contribution in [1.82, 2.24) is 5.32 Å². The summed E-state index contributed by atoms with van der Waals surface area (Å²) in [6.07, 6.45) is 2.70.